The van der Waals surface area contributed by atoms with E-state index in [1.807, 2.05) is 0 Å². The Morgan fingerprint density at radius 2 is 2.20 bits per heavy atom. The fraction of sp³-hybridized carbons (Fsp3) is 0.667. The normalized spacial score (nSPS) is 32.8. The van der Waals surface area contributed by atoms with Gasteiger partial charge in [0.15, 0.2) is 3.79 Å². The van der Waals surface area contributed by atoms with Gasteiger partial charge in [0.1, 0.15) is 5.78 Å². The fourth-order valence-electron chi connectivity index (χ4n) is 1.07. The molecule has 0 aliphatic heterocycles. The van der Waals surface area contributed by atoms with Crippen LogP contribution in [0.5, 0.6) is 0 Å². The zero-order valence-corrected chi connectivity index (χ0v) is 7.37. The molecule has 0 heterocycles. The lowest BCUT2D eigenvalue weighted by Gasteiger charge is -2.05. The third-order valence-corrected chi connectivity index (χ3v) is 2.44. The van der Waals surface area contributed by atoms with Crippen molar-refractivity contribution in [2.24, 2.45) is 5.92 Å². The SMILES string of the molecule is O=C1C[C@@H](O)[C@H](C(=O)I)C1. The third-order valence-electron chi connectivity index (χ3n) is 1.64. The van der Waals surface area contributed by atoms with Gasteiger partial charge in [-0.2, -0.15) is 0 Å². The molecule has 1 aliphatic rings. The van der Waals surface area contributed by atoms with Gasteiger partial charge in [-0.3, -0.25) is 9.59 Å². The Kier molecular flexibility index (Phi) is 2.40. The largest absolute Gasteiger partial charge is 0.392 e. The Labute approximate surface area is 71.9 Å². The van der Waals surface area contributed by atoms with Crippen LogP contribution in [0.15, 0.2) is 0 Å². The summed E-state index contributed by atoms with van der Waals surface area (Å²) >= 11 is 1.62. The van der Waals surface area contributed by atoms with Crippen LogP contribution in [0, 0.1) is 5.92 Å². The van der Waals surface area contributed by atoms with E-state index in [2.05, 4.69) is 0 Å². The quantitative estimate of drug-likeness (QED) is 0.540. The molecule has 1 rings (SSSR count). The zero-order chi connectivity index (χ0) is 7.72. The fourth-order valence-corrected chi connectivity index (χ4v) is 1.71. The zero-order valence-electron chi connectivity index (χ0n) is 5.21. The maximum Gasteiger partial charge on any atom is 0.198 e. The lowest BCUT2D eigenvalue weighted by Crippen LogP contribution is -2.18. The molecule has 1 aliphatic carbocycles. The number of aliphatic hydroxyl groups excluding tert-OH is 1. The Bertz CT molecular complexity index is 178. The maximum atomic E-state index is 10.7. The van der Waals surface area contributed by atoms with Crippen LogP contribution in [0.4, 0.5) is 0 Å². The molecule has 1 N–H and O–H groups in total. The molecular formula is C6H7IO3. The van der Waals surface area contributed by atoms with Crippen LogP contribution in [-0.4, -0.2) is 20.8 Å². The van der Waals surface area contributed by atoms with Gasteiger partial charge in [-0.1, -0.05) is 0 Å². The number of hydrogen-bond acceptors (Lipinski definition) is 3. The van der Waals surface area contributed by atoms with E-state index in [9.17, 15) is 9.59 Å². The summed E-state index contributed by atoms with van der Waals surface area (Å²) in [5, 5.41) is 9.08. The average molecular weight is 254 g/mol. The van der Waals surface area contributed by atoms with Gasteiger partial charge in [0.2, 0.25) is 0 Å². The van der Waals surface area contributed by atoms with Crippen LogP contribution in [0.2, 0.25) is 0 Å². The van der Waals surface area contributed by atoms with Crippen molar-refractivity contribution in [1.82, 2.24) is 0 Å². The van der Waals surface area contributed by atoms with Crippen LogP contribution in [0.25, 0.3) is 0 Å². The number of rotatable bonds is 1. The number of Topliss-reactive ketones (excluding diaryl/α,β-unsaturated/α-hetero) is 1. The summed E-state index contributed by atoms with van der Waals surface area (Å²) in [5.74, 6) is -0.449. The van der Waals surface area contributed by atoms with Gasteiger partial charge < -0.3 is 5.11 Å². The number of halogens is 1. The minimum atomic E-state index is -0.725. The van der Waals surface area contributed by atoms with Gasteiger partial charge in [-0.05, 0) is 22.6 Å². The number of carbonyl (C=O) groups excluding carboxylic acids is 2. The van der Waals surface area contributed by atoms with Crippen LogP contribution in [0.1, 0.15) is 12.8 Å². The molecule has 0 saturated heterocycles. The lowest BCUT2D eigenvalue weighted by atomic mass is 10.1. The van der Waals surface area contributed by atoms with Gasteiger partial charge >= 0.3 is 0 Å². The first kappa shape index (κ1) is 8.13. The van der Waals surface area contributed by atoms with Crippen molar-refractivity contribution in [3.63, 3.8) is 0 Å². The van der Waals surface area contributed by atoms with Crippen LogP contribution >= 0.6 is 22.6 Å². The molecule has 0 spiro atoms. The van der Waals surface area contributed by atoms with Crippen molar-refractivity contribution in [1.29, 1.82) is 0 Å². The molecule has 0 aromatic carbocycles. The molecule has 2 atom stereocenters. The van der Waals surface area contributed by atoms with Crippen LogP contribution in [-0.2, 0) is 9.59 Å². The summed E-state index contributed by atoms with van der Waals surface area (Å²) in [6, 6.07) is 0. The highest BCUT2D eigenvalue weighted by molar-refractivity contribution is 14.1. The van der Waals surface area contributed by atoms with Crippen molar-refractivity contribution in [2.75, 3.05) is 0 Å². The smallest absolute Gasteiger partial charge is 0.198 e. The summed E-state index contributed by atoms with van der Waals surface area (Å²) in [7, 11) is 0. The lowest BCUT2D eigenvalue weighted by molar-refractivity contribution is -0.119. The van der Waals surface area contributed by atoms with Crippen molar-refractivity contribution in [2.45, 2.75) is 18.9 Å². The molecule has 0 amide bonds. The number of hydrogen-bond donors (Lipinski definition) is 1. The highest BCUT2D eigenvalue weighted by Crippen LogP contribution is 2.25. The van der Waals surface area contributed by atoms with Gasteiger partial charge in [-0.15, -0.1) is 0 Å². The van der Waals surface area contributed by atoms with E-state index in [1.54, 1.807) is 22.6 Å². The second-order valence-corrected chi connectivity index (χ2v) is 3.49. The highest BCUT2D eigenvalue weighted by atomic mass is 127. The first-order valence-electron chi connectivity index (χ1n) is 3.00. The average Bonchev–Trinajstić information content (AvgIpc) is 2.10. The molecule has 1 saturated carbocycles. The third kappa shape index (κ3) is 1.54. The molecular weight excluding hydrogens is 247 g/mol. The van der Waals surface area contributed by atoms with Crippen molar-refractivity contribution in [3.8, 4) is 0 Å². The van der Waals surface area contributed by atoms with E-state index >= 15 is 0 Å². The molecule has 0 bridgehead atoms. The molecule has 3 nitrogen and oxygen atoms in total. The number of carbonyl (C=O) groups is 2. The Hall–Kier alpha value is 0.0300. The van der Waals surface area contributed by atoms with Gasteiger partial charge in [-0.25, -0.2) is 0 Å². The minimum absolute atomic E-state index is 0.0116. The molecule has 10 heavy (non-hydrogen) atoms. The summed E-state index contributed by atoms with van der Waals surface area (Å²) in [5.41, 5.74) is 0. The standard InChI is InChI=1S/C6H7IO3/c7-6(10)4-1-3(8)2-5(4)9/h4-5,9H,1-2H2/t4-,5-/m1/s1. The summed E-state index contributed by atoms with van der Waals surface area (Å²) < 4.78 is -0.115. The van der Waals surface area contributed by atoms with E-state index in [0.29, 0.717) is 0 Å². The van der Waals surface area contributed by atoms with Gasteiger partial charge in [0.05, 0.1) is 12.0 Å². The second kappa shape index (κ2) is 2.96. The Balaban J connectivity index is 2.63. The van der Waals surface area contributed by atoms with Gasteiger partial charge in [0, 0.05) is 12.8 Å². The molecule has 0 radical (unpaired) electrons. The Morgan fingerprint density at radius 3 is 2.40 bits per heavy atom. The van der Waals surface area contributed by atoms with Crippen LogP contribution < -0.4 is 0 Å². The monoisotopic (exact) mass is 254 g/mol. The molecule has 0 aromatic rings. The first-order chi connectivity index (χ1) is 4.61. The van der Waals surface area contributed by atoms with Gasteiger partial charge in [0.25, 0.3) is 0 Å². The van der Waals surface area contributed by atoms with Crippen LogP contribution in [0.3, 0.4) is 0 Å². The van der Waals surface area contributed by atoms with Crippen molar-refractivity contribution >= 4 is 32.2 Å². The summed E-state index contributed by atoms with van der Waals surface area (Å²) in [4.78, 5) is 21.3. The molecule has 1 fully saturated rings. The first-order valence-corrected chi connectivity index (χ1v) is 4.08. The number of aliphatic hydroxyl groups is 1. The summed E-state index contributed by atoms with van der Waals surface area (Å²) in [6.45, 7) is 0. The second-order valence-electron chi connectivity index (χ2n) is 2.42. The van der Waals surface area contributed by atoms with E-state index < -0.39 is 12.0 Å². The van der Waals surface area contributed by atoms with Crippen molar-refractivity contribution < 1.29 is 14.7 Å². The topological polar surface area (TPSA) is 54.4 Å². The van der Waals surface area contributed by atoms with E-state index in [0.717, 1.165) is 0 Å². The maximum absolute atomic E-state index is 10.7. The molecule has 0 unspecified atom stereocenters. The highest BCUT2D eigenvalue weighted by Gasteiger charge is 2.35. The minimum Gasteiger partial charge on any atom is -0.392 e. The van der Waals surface area contributed by atoms with E-state index in [1.165, 1.54) is 0 Å². The summed E-state index contributed by atoms with van der Waals surface area (Å²) in [6.07, 6.45) is -0.348. The molecule has 0 aromatic heterocycles. The van der Waals surface area contributed by atoms with E-state index in [-0.39, 0.29) is 22.4 Å². The predicted molar refractivity (Wildman–Crippen MR) is 42.8 cm³/mol. The van der Waals surface area contributed by atoms with E-state index in [4.69, 9.17) is 5.11 Å². The van der Waals surface area contributed by atoms with Crippen molar-refractivity contribution in [3.05, 3.63) is 0 Å². The Morgan fingerprint density at radius 1 is 1.60 bits per heavy atom. The molecule has 4 heteroatoms. The molecule has 56 valence electrons. The number of ketones is 1. The predicted octanol–water partition coefficient (Wildman–Crippen LogP) is 0.288.